The van der Waals surface area contributed by atoms with Gasteiger partial charge in [0.25, 0.3) is 0 Å². The molecule has 45 heavy (non-hydrogen) atoms. The van der Waals surface area contributed by atoms with Gasteiger partial charge in [-0.2, -0.15) is 8.78 Å². The van der Waals surface area contributed by atoms with Crippen molar-refractivity contribution in [1.29, 1.82) is 0 Å². The van der Waals surface area contributed by atoms with Crippen molar-refractivity contribution < 1.29 is 42.4 Å². The van der Waals surface area contributed by atoms with Crippen LogP contribution in [0.5, 0.6) is 0 Å². The maximum Gasteiger partial charge on any atom is 0.377 e. The molecule has 0 radical (unpaired) electrons. The van der Waals surface area contributed by atoms with Crippen molar-refractivity contribution in [2.24, 2.45) is 0 Å². The van der Waals surface area contributed by atoms with Crippen LogP contribution in [-0.2, 0) is 54.9 Å². The van der Waals surface area contributed by atoms with Crippen LogP contribution in [0.3, 0.4) is 0 Å². The van der Waals surface area contributed by atoms with E-state index in [4.69, 9.17) is 23.7 Å². The van der Waals surface area contributed by atoms with Gasteiger partial charge in [-0.05, 0) is 22.3 Å². The molecule has 5 atom stereocenters. The number of hydrogen-bond donors (Lipinski definition) is 1. The lowest BCUT2D eigenvalue weighted by molar-refractivity contribution is -0.307. The number of carboxylic acid groups (broad SMARTS) is 1. The van der Waals surface area contributed by atoms with E-state index in [1.54, 1.807) is 24.3 Å². The monoisotopic (exact) mass is 618 g/mol. The summed E-state index contributed by atoms with van der Waals surface area (Å²) in [6.45, 7) is 0.130. The maximum atomic E-state index is 15.5. The van der Waals surface area contributed by atoms with Gasteiger partial charge in [0.2, 0.25) is 0 Å². The van der Waals surface area contributed by atoms with Crippen LogP contribution < -0.4 is 0 Å². The molecule has 1 N–H and O–H groups in total. The number of alkyl halides is 2. The van der Waals surface area contributed by atoms with E-state index < -0.39 is 42.4 Å². The van der Waals surface area contributed by atoms with Gasteiger partial charge in [0, 0.05) is 0 Å². The minimum atomic E-state index is -4.31. The Kier molecular flexibility index (Phi) is 11.4. The summed E-state index contributed by atoms with van der Waals surface area (Å²) >= 11 is 0. The quantitative estimate of drug-likeness (QED) is 0.164. The van der Waals surface area contributed by atoms with Gasteiger partial charge in [0.15, 0.2) is 6.10 Å². The molecule has 0 spiro atoms. The average molecular weight is 619 g/mol. The number of aliphatic carboxylic acids is 1. The molecule has 4 aromatic carbocycles. The number of halogens is 2. The fourth-order valence-electron chi connectivity index (χ4n) is 5.20. The number of carboxylic acids is 1. The Morgan fingerprint density at radius 1 is 0.600 bits per heavy atom. The molecule has 1 fully saturated rings. The minimum absolute atomic E-state index is 0.0465. The van der Waals surface area contributed by atoms with Gasteiger partial charge < -0.3 is 28.8 Å². The third kappa shape index (κ3) is 8.81. The Morgan fingerprint density at radius 3 is 1.40 bits per heavy atom. The summed E-state index contributed by atoms with van der Waals surface area (Å²) < 4.78 is 61.8. The van der Waals surface area contributed by atoms with Crippen molar-refractivity contribution in [3.8, 4) is 0 Å². The topological polar surface area (TPSA) is 83.5 Å². The molecule has 0 aromatic heterocycles. The summed E-state index contributed by atoms with van der Waals surface area (Å²) in [6.07, 6.45) is -6.91. The second-order valence-corrected chi connectivity index (χ2v) is 10.8. The van der Waals surface area contributed by atoms with Crippen LogP contribution in [0, 0.1) is 0 Å². The van der Waals surface area contributed by atoms with E-state index in [2.05, 4.69) is 0 Å². The SMILES string of the molecule is O=C(O)C(F)(F)[C@@H]1O[C@H](COCc2ccccc2)[C@H](OCc2ccccc2)[C@H](OCc2ccccc2)[C@H]1OCc1ccccc1. The number of carbonyl (C=O) groups is 1. The largest absolute Gasteiger partial charge is 0.477 e. The van der Waals surface area contributed by atoms with Crippen LogP contribution in [0.2, 0.25) is 0 Å². The van der Waals surface area contributed by atoms with Crippen molar-refractivity contribution in [1.82, 2.24) is 0 Å². The van der Waals surface area contributed by atoms with Crippen LogP contribution in [0.15, 0.2) is 121 Å². The molecule has 0 bridgehead atoms. The molecule has 236 valence electrons. The smallest absolute Gasteiger partial charge is 0.377 e. The highest BCUT2D eigenvalue weighted by atomic mass is 19.3. The Balaban J connectivity index is 1.48. The summed E-state index contributed by atoms with van der Waals surface area (Å²) in [5.74, 6) is -6.63. The van der Waals surface area contributed by atoms with Gasteiger partial charge in [-0.1, -0.05) is 121 Å². The van der Waals surface area contributed by atoms with Crippen LogP contribution in [0.4, 0.5) is 8.78 Å². The highest BCUT2D eigenvalue weighted by Gasteiger charge is 2.61. The molecular weight excluding hydrogens is 582 g/mol. The fraction of sp³-hybridized carbons (Fsp3) is 0.306. The standard InChI is InChI=1S/C36H36F2O7/c37-36(38,35(39)40)34-33(44-24-29-19-11-4-12-20-29)32(43-23-28-17-9-3-10-18-28)31(42-22-27-15-7-2-8-16-27)30(45-34)25-41-21-26-13-5-1-6-14-26/h1-20,30-34H,21-25H2,(H,39,40)/t30-,31+,32+,33-,34-/m1/s1. The number of hydrogen-bond acceptors (Lipinski definition) is 6. The molecule has 4 aromatic rings. The number of rotatable bonds is 15. The predicted molar refractivity (Wildman–Crippen MR) is 162 cm³/mol. The zero-order valence-corrected chi connectivity index (χ0v) is 24.6. The zero-order chi connectivity index (χ0) is 31.5. The molecule has 1 heterocycles. The van der Waals surface area contributed by atoms with E-state index in [1.165, 1.54) is 0 Å². The lowest BCUT2D eigenvalue weighted by Crippen LogP contribution is -2.66. The van der Waals surface area contributed by atoms with Gasteiger partial charge in [-0.25, -0.2) is 4.79 Å². The van der Waals surface area contributed by atoms with E-state index in [1.807, 2.05) is 97.1 Å². The molecule has 0 amide bonds. The van der Waals surface area contributed by atoms with Crippen LogP contribution in [0.25, 0.3) is 0 Å². The predicted octanol–water partition coefficient (Wildman–Crippen LogP) is 6.45. The Bertz CT molecular complexity index is 1440. The number of ether oxygens (including phenoxy) is 5. The van der Waals surface area contributed by atoms with E-state index in [9.17, 15) is 9.90 Å². The van der Waals surface area contributed by atoms with Gasteiger partial charge in [0.05, 0.1) is 33.0 Å². The van der Waals surface area contributed by atoms with Gasteiger partial charge in [0.1, 0.15) is 24.4 Å². The molecule has 1 aliphatic heterocycles. The summed E-state index contributed by atoms with van der Waals surface area (Å²) in [5, 5.41) is 9.63. The summed E-state index contributed by atoms with van der Waals surface area (Å²) in [7, 11) is 0. The molecule has 7 nitrogen and oxygen atoms in total. The third-order valence-corrected chi connectivity index (χ3v) is 7.53. The lowest BCUT2D eigenvalue weighted by Gasteiger charge is -2.47. The van der Waals surface area contributed by atoms with Crippen molar-refractivity contribution in [2.75, 3.05) is 6.61 Å². The molecule has 0 saturated carbocycles. The molecule has 1 saturated heterocycles. The second kappa shape index (κ2) is 15.8. The average Bonchev–Trinajstić information content (AvgIpc) is 3.07. The molecule has 9 heteroatoms. The maximum absolute atomic E-state index is 15.5. The third-order valence-electron chi connectivity index (χ3n) is 7.53. The van der Waals surface area contributed by atoms with E-state index in [0.29, 0.717) is 5.56 Å². The van der Waals surface area contributed by atoms with E-state index in [0.717, 1.165) is 16.7 Å². The van der Waals surface area contributed by atoms with Crippen LogP contribution in [0.1, 0.15) is 22.3 Å². The molecule has 5 rings (SSSR count). The first-order valence-corrected chi connectivity index (χ1v) is 14.8. The van der Waals surface area contributed by atoms with Crippen molar-refractivity contribution in [3.05, 3.63) is 144 Å². The summed E-state index contributed by atoms with van der Waals surface area (Å²) in [6, 6.07) is 37.0. The first-order chi connectivity index (χ1) is 21.9. The zero-order valence-electron chi connectivity index (χ0n) is 24.6. The van der Waals surface area contributed by atoms with Gasteiger partial charge in [-0.15, -0.1) is 0 Å². The van der Waals surface area contributed by atoms with Crippen molar-refractivity contribution in [2.45, 2.75) is 62.9 Å². The first kappa shape index (κ1) is 32.4. The normalized spacial score (nSPS) is 21.8. The molecule has 1 aliphatic rings. The van der Waals surface area contributed by atoms with E-state index in [-0.39, 0.29) is 33.0 Å². The molecule has 0 unspecified atom stereocenters. The van der Waals surface area contributed by atoms with Crippen LogP contribution in [-0.4, -0.2) is 54.1 Å². The molecular formula is C36H36F2O7. The second-order valence-electron chi connectivity index (χ2n) is 10.8. The Morgan fingerprint density at radius 2 is 0.978 bits per heavy atom. The Hall–Kier alpha value is -3.99. The summed E-state index contributed by atoms with van der Waals surface area (Å²) in [5.41, 5.74) is 3.24. The fourth-order valence-corrected chi connectivity index (χ4v) is 5.20. The molecule has 0 aliphatic carbocycles. The van der Waals surface area contributed by atoms with Gasteiger partial charge in [-0.3, -0.25) is 0 Å². The lowest BCUT2D eigenvalue weighted by atomic mass is 9.90. The van der Waals surface area contributed by atoms with Crippen LogP contribution >= 0.6 is 0 Å². The summed E-state index contributed by atoms with van der Waals surface area (Å²) in [4.78, 5) is 11.9. The Labute approximate surface area is 261 Å². The number of benzene rings is 4. The van der Waals surface area contributed by atoms with Crippen molar-refractivity contribution >= 4 is 5.97 Å². The van der Waals surface area contributed by atoms with Gasteiger partial charge >= 0.3 is 11.9 Å². The van der Waals surface area contributed by atoms with E-state index >= 15 is 8.78 Å². The first-order valence-electron chi connectivity index (χ1n) is 14.8. The highest BCUT2D eigenvalue weighted by Crippen LogP contribution is 2.38. The highest BCUT2D eigenvalue weighted by molar-refractivity contribution is 5.76. The minimum Gasteiger partial charge on any atom is -0.477 e. The van der Waals surface area contributed by atoms with Crippen molar-refractivity contribution in [3.63, 3.8) is 0 Å².